The van der Waals surface area contributed by atoms with Crippen molar-refractivity contribution in [3.05, 3.63) is 17.5 Å². The molecule has 0 aromatic carbocycles. The molecule has 0 bridgehead atoms. The van der Waals surface area contributed by atoms with Gasteiger partial charge in [-0.3, -0.25) is 4.79 Å². The second-order valence-corrected chi connectivity index (χ2v) is 2.62. The molecule has 0 aliphatic carbocycles. The number of nitrogens with one attached hydrogen (secondary N) is 1. The second-order valence-electron chi connectivity index (χ2n) is 2.62. The Hall–Kier alpha value is -1.83. The quantitative estimate of drug-likeness (QED) is 0.721. The molecule has 0 unspecified atom stereocenters. The molecule has 13 heavy (non-hydrogen) atoms. The van der Waals surface area contributed by atoms with E-state index < -0.39 is 6.04 Å². The van der Waals surface area contributed by atoms with Crippen molar-refractivity contribution in [2.24, 2.45) is 0 Å². The van der Waals surface area contributed by atoms with Crippen LogP contribution in [0.1, 0.15) is 23.0 Å². The van der Waals surface area contributed by atoms with Crippen molar-refractivity contribution in [3.63, 3.8) is 0 Å². The summed E-state index contributed by atoms with van der Waals surface area (Å²) in [5, 5.41) is 14.4. The molecule has 1 atom stereocenters. The number of hydrogen-bond acceptors (Lipinski definition) is 4. The lowest BCUT2D eigenvalue weighted by molar-refractivity contribution is 0.0946. The van der Waals surface area contributed by atoms with Crippen LogP contribution < -0.4 is 5.32 Å². The first-order valence-corrected chi connectivity index (χ1v) is 3.77. The lowest BCUT2D eigenvalue weighted by atomic mass is 10.2. The van der Waals surface area contributed by atoms with E-state index in [4.69, 9.17) is 9.78 Å². The monoisotopic (exact) mass is 179 g/mol. The summed E-state index contributed by atoms with van der Waals surface area (Å²) in [6.07, 6.45) is 1.33. The first kappa shape index (κ1) is 9.26. The van der Waals surface area contributed by atoms with Crippen molar-refractivity contribution in [1.82, 2.24) is 10.5 Å². The van der Waals surface area contributed by atoms with Crippen LogP contribution in [0.5, 0.6) is 0 Å². The molecule has 5 nitrogen and oxygen atoms in total. The number of aryl methyl sites for hydroxylation is 1. The minimum absolute atomic E-state index is 0.340. The summed E-state index contributed by atoms with van der Waals surface area (Å²) in [7, 11) is 0. The van der Waals surface area contributed by atoms with Crippen molar-refractivity contribution in [2.75, 3.05) is 0 Å². The van der Waals surface area contributed by atoms with Gasteiger partial charge in [-0.25, -0.2) is 0 Å². The van der Waals surface area contributed by atoms with Gasteiger partial charge in [-0.2, -0.15) is 5.26 Å². The highest BCUT2D eigenvalue weighted by Crippen LogP contribution is 2.05. The van der Waals surface area contributed by atoms with Crippen LogP contribution in [0.2, 0.25) is 0 Å². The summed E-state index contributed by atoms with van der Waals surface area (Å²) in [5.41, 5.74) is 0.363. The first-order chi connectivity index (χ1) is 6.15. The van der Waals surface area contributed by atoms with Gasteiger partial charge in [-0.05, 0) is 13.8 Å². The lowest BCUT2D eigenvalue weighted by Crippen LogP contribution is -2.31. The van der Waals surface area contributed by atoms with E-state index in [0.717, 1.165) is 0 Å². The number of carbonyl (C=O) groups excluding carboxylic acids is 1. The van der Waals surface area contributed by atoms with E-state index in [9.17, 15) is 4.79 Å². The zero-order valence-corrected chi connectivity index (χ0v) is 7.37. The summed E-state index contributed by atoms with van der Waals surface area (Å²) in [5.74, 6) is 0.107. The van der Waals surface area contributed by atoms with E-state index in [1.807, 2.05) is 6.07 Å². The molecule has 0 spiro atoms. The van der Waals surface area contributed by atoms with Gasteiger partial charge in [0.1, 0.15) is 17.4 Å². The van der Waals surface area contributed by atoms with Gasteiger partial charge in [0.25, 0.3) is 5.91 Å². The van der Waals surface area contributed by atoms with Gasteiger partial charge in [-0.1, -0.05) is 5.16 Å². The predicted molar refractivity (Wildman–Crippen MR) is 43.8 cm³/mol. The fraction of sp³-hybridized carbons (Fsp3) is 0.375. The number of nitrogens with zero attached hydrogens (tertiary/aromatic N) is 2. The van der Waals surface area contributed by atoms with Gasteiger partial charge in [-0.15, -0.1) is 0 Å². The van der Waals surface area contributed by atoms with Crippen LogP contribution in [-0.4, -0.2) is 17.1 Å². The Morgan fingerprint density at radius 3 is 3.00 bits per heavy atom. The molecule has 1 amide bonds. The van der Waals surface area contributed by atoms with Gasteiger partial charge in [0.15, 0.2) is 0 Å². The summed E-state index contributed by atoms with van der Waals surface area (Å²) in [4.78, 5) is 11.3. The number of rotatable bonds is 2. The molecule has 1 aromatic heterocycles. The number of amides is 1. The van der Waals surface area contributed by atoms with Crippen molar-refractivity contribution < 1.29 is 9.32 Å². The van der Waals surface area contributed by atoms with Crippen LogP contribution >= 0.6 is 0 Å². The van der Waals surface area contributed by atoms with E-state index in [1.165, 1.54) is 6.20 Å². The Kier molecular flexibility index (Phi) is 2.65. The van der Waals surface area contributed by atoms with Gasteiger partial charge in [0, 0.05) is 0 Å². The van der Waals surface area contributed by atoms with Crippen LogP contribution in [0, 0.1) is 18.3 Å². The number of carbonyl (C=O) groups is 1. The zero-order valence-electron chi connectivity index (χ0n) is 7.37. The summed E-state index contributed by atoms with van der Waals surface area (Å²) in [6.45, 7) is 3.24. The van der Waals surface area contributed by atoms with Crippen LogP contribution in [0.4, 0.5) is 0 Å². The molecule has 0 aliphatic heterocycles. The maximum Gasteiger partial charge on any atom is 0.257 e. The van der Waals surface area contributed by atoms with E-state index in [0.29, 0.717) is 11.3 Å². The molecular weight excluding hydrogens is 170 g/mol. The molecule has 0 fully saturated rings. The Morgan fingerprint density at radius 1 is 1.85 bits per heavy atom. The van der Waals surface area contributed by atoms with Crippen molar-refractivity contribution in [3.8, 4) is 6.07 Å². The van der Waals surface area contributed by atoms with E-state index in [2.05, 4.69) is 10.5 Å². The average molecular weight is 179 g/mol. The van der Waals surface area contributed by atoms with Gasteiger partial charge in [0.05, 0.1) is 12.3 Å². The number of hydrogen-bond donors (Lipinski definition) is 1. The van der Waals surface area contributed by atoms with E-state index in [1.54, 1.807) is 13.8 Å². The Balaban J connectivity index is 2.71. The minimum atomic E-state index is -0.512. The molecule has 5 heteroatoms. The molecule has 68 valence electrons. The first-order valence-electron chi connectivity index (χ1n) is 3.77. The van der Waals surface area contributed by atoms with E-state index in [-0.39, 0.29) is 5.91 Å². The van der Waals surface area contributed by atoms with Crippen LogP contribution in [0.15, 0.2) is 10.7 Å². The highest BCUT2D eigenvalue weighted by Gasteiger charge is 2.14. The topological polar surface area (TPSA) is 78.9 Å². The fourth-order valence-corrected chi connectivity index (χ4v) is 0.823. The summed E-state index contributed by atoms with van der Waals surface area (Å²) < 4.78 is 4.71. The molecule has 1 rings (SSSR count). The van der Waals surface area contributed by atoms with Crippen LogP contribution in [0.3, 0.4) is 0 Å². The predicted octanol–water partition coefficient (Wildman–Crippen LogP) is 0.625. The number of nitriles is 1. The normalized spacial score (nSPS) is 11.8. The number of aromatic nitrogens is 1. The van der Waals surface area contributed by atoms with E-state index >= 15 is 0 Å². The summed E-state index contributed by atoms with van der Waals surface area (Å²) >= 11 is 0. The third kappa shape index (κ3) is 2.06. The molecule has 1 aromatic rings. The average Bonchev–Trinajstić information content (AvgIpc) is 2.51. The molecule has 0 saturated carbocycles. The molecule has 0 radical (unpaired) electrons. The smallest absolute Gasteiger partial charge is 0.257 e. The van der Waals surface area contributed by atoms with Gasteiger partial charge in [0.2, 0.25) is 0 Å². The Bertz CT molecular complexity index is 351. The molecule has 1 heterocycles. The Morgan fingerprint density at radius 2 is 2.54 bits per heavy atom. The fourth-order valence-electron chi connectivity index (χ4n) is 0.823. The van der Waals surface area contributed by atoms with Gasteiger partial charge < -0.3 is 9.84 Å². The molecule has 0 saturated heterocycles. The molecular formula is C8H9N3O2. The molecule has 0 aliphatic rings. The SMILES string of the molecule is Cc1oncc1C(=O)N[C@@H](C)C#N. The minimum Gasteiger partial charge on any atom is -0.361 e. The molecule has 1 N–H and O–H groups in total. The van der Waals surface area contributed by atoms with Crippen molar-refractivity contribution in [1.29, 1.82) is 5.26 Å². The maximum absolute atomic E-state index is 11.3. The highest BCUT2D eigenvalue weighted by molar-refractivity contribution is 5.95. The second kappa shape index (κ2) is 3.72. The third-order valence-corrected chi connectivity index (χ3v) is 1.54. The third-order valence-electron chi connectivity index (χ3n) is 1.54. The van der Waals surface area contributed by atoms with Crippen molar-refractivity contribution >= 4 is 5.91 Å². The Labute approximate surface area is 75.3 Å². The van der Waals surface area contributed by atoms with Crippen LogP contribution in [0.25, 0.3) is 0 Å². The zero-order chi connectivity index (χ0) is 9.84. The lowest BCUT2D eigenvalue weighted by Gasteiger charge is -2.03. The van der Waals surface area contributed by atoms with Crippen molar-refractivity contribution in [2.45, 2.75) is 19.9 Å². The van der Waals surface area contributed by atoms with Gasteiger partial charge >= 0.3 is 0 Å². The summed E-state index contributed by atoms with van der Waals surface area (Å²) in [6, 6.07) is 1.38. The largest absolute Gasteiger partial charge is 0.361 e. The standard InChI is InChI=1S/C8H9N3O2/c1-5(3-9)11-8(12)7-4-10-13-6(7)2/h4-5H,1-2H3,(H,11,12)/t5-/m0/s1. The maximum atomic E-state index is 11.3. The highest BCUT2D eigenvalue weighted by atomic mass is 16.5. The van der Waals surface area contributed by atoms with Crippen LogP contribution in [-0.2, 0) is 0 Å².